The maximum Gasteiger partial charge on any atom is 0.248 e. The minimum Gasteiger partial charge on any atom is -0.366 e. The van der Waals surface area contributed by atoms with Crippen molar-refractivity contribution in [3.63, 3.8) is 0 Å². The number of nitrogens with zero attached hydrogens (tertiary/aromatic N) is 1. The molecule has 0 saturated carbocycles. The van der Waals surface area contributed by atoms with Crippen molar-refractivity contribution < 1.29 is 9.59 Å². The smallest absolute Gasteiger partial charge is 0.248 e. The lowest BCUT2D eigenvalue weighted by Gasteiger charge is -2.31. The second-order valence-corrected chi connectivity index (χ2v) is 6.43. The fourth-order valence-electron chi connectivity index (χ4n) is 3.51. The minimum atomic E-state index is -0.496. The average Bonchev–Trinajstić information content (AvgIpc) is 2.54. The largest absolute Gasteiger partial charge is 0.366 e. The molecule has 0 saturated heterocycles. The molecule has 1 heterocycles. The molecule has 0 unspecified atom stereocenters. The number of hydrogen-bond donors (Lipinski definition) is 1. The molecule has 0 radical (unpaired) electrons. The van der Waals surface area contributed by atoms with E-state index in [1.807, 2.05) is 17.9 Å². The van der Waals surface area contributed by atoms with Gasteiger partial charge >= 0.3 is 0 Å². The zero-order valence-corrected chi connectivity index (χ0v) is 14.1. The van der Waals surface area contributed by atoms with Crippen molar-refractivity contribution in [2.45, 2.75) is 33.1 Å². The monoisotopic (exact) mass is 322 g/mol. The van der Waals surface area contributed by atoms with Gasteiger partial charge in [-0.1, -0.05) is 24.3 Å². The number of carbonyl (C=O) groups excluding carboxylic acids is 2. The normalized spacial score (nSPS) is 13.5. The predicted molar refractivity (Wildman–Crippen MR) is 95.3 cm³/mol. The number of anilines is 1. The zero-order valence-electron chi connectivity index (χ0n) is 14.1. The first kappa shape index (κ1) is 16.2. The zero-order chi connectivity index (χ0) is 17.3. The third kappa shape index (κ3) is 3.04. The van der Waals surface area contributed by atoms with E-state index in [0.717, 1.165) is 24.1 Å². The summed E-state index contributed by atoms with van der Waals surface area (Å²) in [4.78, 5) is 26.3. The fraction of sp³-hybridized carbons (Fsp3) is 0.300. The predicted octanol–water partition coefficient (Wildman–Crippen LogP) is 2.92. The third-order valence-electron chi connectivity index (χ3n) is 4.62. The van der Waals surface area contributed by atoms with E-state index in [0.29, 0.717) is 17.7 Å². The van der Waals surface area contributed by atoms with Gasteiger partial charge in [0.1, 0.15) is 0 Å². The summed E-state index contributed by atoms with van der Waals surface area (Å²) in [6.45, 7) is 4.86. The molecule has 0 fully saturated rings. The molecule has 0 aromatic heterocycles. The molecule has 124 valence electrons. The number of primary amides is 1. The summed E-state index contributed by atoms with van der Waals surface area (Å²) in [5.41, 5.74) is 11.2. The van der Waals surface area contributed by atoms with Crippen LogP contribution in [-0.2, 0) is 17.6 Å². The van der Waals surface area contributed by atoms with Gasteiger partial charge in [-0.25, -0.2) is 0 Å². The molecule has 1 aliphatic rings. The van der Waals surface area contributed by atoms with Crippen LogP contribution in [0.1, 0.15) is 39.0 Å². The van der Waals surface area contributed by atoms with Crippen LogP contribution in [-0.4, -0.2) is 18.4 Å². The van der Waals surface area contributed by atoms with E-state index in [9.17, 15) is 9.59 Å². The quantitative estimate of drug-likeness (QED) is 0.944. The van der Waals surface area contributed by atoms with Crippen LogP contribution in [0, 0.1) is 13.8 Å². The van der Waals surface area contributed by atoms with Gasteiger partial charge in [0.15, 0.2) is 0 Å². The lowest BCUT2D eigenvalue weighted by molar-refractivity contribution is -0.118. The highest BCUT2D eigenvalue weighted by Gasteiger charge is 2.24. The first-order valence-electron chi connectivity index (χ1n) is 8.25. The maximum absolute atomic E-state index is 12.9. The van der Waals surface area contributed by atoms with Crippen molar-refractivity contribution in [2.24, 2.45) is 5.73 Å². The Morgan fingerprint density at radius 3 is 2.67 bits per heavy atom. The summed E-state index contributed by atoms with van der Waals surface area (Å²) in [6, 6.07) is 11.3. The van der Waals surface area contributed by atoms with Gasteiger partial charge in [0.25, 0.3) is 0 Å². The van der Waals surface area contributed by atoms with Gasteiger partial charge in [0.05, 0.1) is 6.42 Å². The Kier molecular flexibility index (Phi) is 4.38. The number of nitrogens with two attached hydrogens (primary N) is 1. The van der Waals surface area contributed by atoms with Crippen LogP contribution in [0.2, 0.25) is 0 Å². The van der Waals surface area contributed by atoms with Crippen molar-refractivity contribution in [1.82, 2.24) is 0 Å². The highest BCUT2D eigenvalue weighted by Crippen LogP contribution is 2.31. The van der Waals surface area contributed by atoms with Gasteiger partial charge in [-0.15, -0.1) is 0 Å². The fourth-order valence-corrected chi connectivity index (χ4v) is 3.51. The van der Waals surface area contributed by atoms with Crippen molar-refractivity contribution in [2.75, 3.05) is 11.4 Å². The first-order valence-corrected chi connectivity index (χ1v) is 8.25. The average molecular weight is 322 g/mol. The van der Waals surface area contributed by atoms with Crippen LogP contribution in [0.15, 0.2) is 36.4 Å². The number of amides is 2. The number of fused-ring (bicyclic) bond motifs is 1. The number of aryl methyl sites for hydroxylation is 2. The molecule has 2 aromatic carbocycles. The molecule has 2 N–H and O–H groups in total. The van der Waals surface area contributed by atoms with Crippen molar-refractivity contribution in [3.05, 3.63) is 64.2 Å². The molecule has 24 heavy (non-hydrogen) atoms. The number of rotatable bonds is 3. The summed E-state index contributed by atoms with van der Waals surface area (Å²) in [7, 11) is 0. The Labute approximate surface area is 142 Å². The summed E-state index contributed by atoms with van der Waals surface area (Å²) in [5.74, 6) is -0.487. The van der Waals surface area contributed by atoms with Gasteiger partial charge < -0.3 is 10.6 Å². The first-order chi connectivity index (χ1) is 11.5. The molecular formula is C20H22N2O2. The molecule has 1 aliphatic heterocycles. The molecule has 2 aromatic rings. The van der Waals surface area contributed by atoms with Crippen LogP contribution in [0.5, 0.6) is 0 Å². The lowest BCUT2D eigenvalue weighted by Crippen LogP contribution is -2.37. The molecule has 2 amide bonds. The Balaban J connectivity index is 1.92. The van der Waals surface area contributed by atoms with Gasteiger partial charge in [-0.3, -0.25) is 9.59 Å². The molecule has 0 aliphatic carbocycles. The molecule has 0 atom stereocenters. The molecular weight excluding hydrogens is 300 g/mol. The Morgan fingerprint density at radius 1 is 1.17 bits per heavy atom. The van der Waals surface area contributed by atoms with Crippen LogP contribution < -0.4 is 10.6 Å². The van der Waals surface area contributed by atoms with E-state index >= 15 is 0 Å². The second-order valence-electron chi connectivity index (χ2n) is 6.43. The van der Waals surface area contributed by atoms with Gasteiger partial charge in [0, 0.05) is 17.8 Å². The summed E-state index contributed by atoms with van der Waals surface area (Å²) in [5, 5.41) is 0. The number of benzene rings is 2. The summed E-state index contributed by atoms with van der Waals surface area (Å²) >= 11 is 0. The Morgan fingerprint density at radius 2 is 1.92 bits per heavy atom. The summed E-state index contributed by atoms with van der Waals surface area (Å²) in [6.07, 6.45) is 2.15. The number of hydrogen-bond acceptors (Lipinski definition) is 2. The summed E-state index contributed by atoms with van der Waals surface area (Å²) < 4.78 is 0. The van der Waals surface area contributed by atoms with E-state index in [1.54, 1.807) is 18.2 Å². The van der Waals surface area contributed by atoms with Crippen molar-refractivity contribution in [1.29, 1.82) is 0 Å². The lowest BCUT2D eigenvalue weighted by atomic mass is 9.94. The third-order valence-corrected chi connectivity index (χ3v) is 4.62. The Bertz CT molecular complexity index is 811. The van der Waals surface area contributed by atoms with E-state index < -0.39 is 5.91 Å². The van der Waals surface area contributed by atoms with Crippen molar-refractivity contribution in [3.8, 4) is 0 Å². The highest BCUT2D eigenvalue weighted by molar-refractivity contribution is 6.00. The topological polar surface area (TPSA) is 63.4 Å². The van der Waals surface area contributed by atoms with Gasteiger partial charge in [-0.2, -0.15) is 0 Å². The van der Waals surface area contributed by atoms with Crippen LogP contribution in [0.4, 0.5) is 5.69 Å². The second kappa shape index (κ2) is 6.48. The van der Waals surface area contributed by atoms with Crippen molar-refractivity contribution >= 4 is 17.5 Å². The molecule has 0 bridgehead atoms. The van der Waals surface area contributed by atoms with E-state index in [2.05, 4.69) is 19.1 Å². The van der Waals surface area contributed by atoms with E-state index in [1.165, 1.54) is 11.1 Å². The minimum absolute atomic E-state index is 0.00894. The standard InChI is InChI=1S/C20H22N2O2/c1-13-10-14(2)16-8-5-9-22(18(16)11-13)19(23)12-15-6-3-4-7-17(15)20(21)24/h3-4,6-7,10-11H,5,8-9,12H2,1-2H3,(H2,21,24). The molecule has 0 spiro atoms. The van der Waals surface area contributed by atoms with Crippen LogP contribution in [0.3, 0.4) is 0 Å². The van der Waals surface area contributed by atoms with Crippen LogP contribution in [0.25, 0.3) is 0 Å². The highest BCUT2D eigenvalue weighted by atomic mass is 16.2. The van der Waals surface area contributed by atoms with Crippen LogP contribution >= 0.6 is 0 Å². The molecule has 3 rings (SSSR count). The maximum atomic E-state index is 12.9. The number of carbonyl (C=O) groups is 2. The van der Waals surface area contributed by atoms with E-state index in [-0.39, 0.29) is 12.3 Å². The van der Waals surface area contributed by atoms with Gasteiger partial charge in [-0.05, 0) is 61.1 Å². The molecule has 4 nitrogen and oxygen atoms in total. The SMILES string of the molecule is Cc1cc(C)c2c(c1)N(C(=O)Cc1ccccc1C(N)=O)CCC2. The van der Waals surface area contributed by atoms with E-state index in [4.69, 9.17) is 5.73 Å². The van der Waals surface area contributed by atoms with Gasteiger partial charge in [0.2, 0.25) is 11.8 Å². The molecule has 4 heteroatoms. The Hall–Kier alpha value is -2.62.